The first-order valence-corrected chi connectivity index (χ1v) is 9.60. The molecule has 2 heterocycles. The Kier molecular flexibility index (Phi) is 8.26. The van der Waals surface area contributed by atoms with Gasteiger partial charge in [-0.2, -0.15) is 0 Å². The maximum Gasteiger partial charge on any atom is 0.328 e. The summed E-state index contributed by atoms with van der Waals surface area (Å²) < 4.78 is 4.85. The topological polar surface area (TPSA) is 87.7 Å². The number of hydrogen-bond acceptors (Lipinski definition) is 5. The van der Waals surface area contributed by atoms with Gasteiger partial charge in [0.2, 0.25) is 5.91 Å². The number of rotatable bonds is 5. The molecule has 28 heavy (non-hydrogen) atoms. The number of nitrogens with one attached hydrogen (secondary N) is 2. The standard InChI is InChI=1S/C20H27N3O4.ClH/c1-27-20(26)17-9-2-3-11-23(17)19(25)14-6-4-7-16(12-14)22-18(24)13-15-8-5-10-21-15;/h4,6-7,12,15,17,21H,2-3,5,8-11,13H2,1H3,(H,22,24);1H. The largest absolute Gasteiger partial charge is 0.467 e. The van der Waals surface area contributed by atoms with Crippen LogP contribution in [0.3, 0.4) is 0 Å². The zero-order chi connectivity index (χ0) is 19.2. The third kappa shape index (κ3) is 5.45. The van der Waals surface area contributed by atoms with E-state index in [1.54, 1.807) is 29.2 Å². The number of esters is 1. The molecule has 2 aliphatic heterocycles. The Balaban J connectivity index is 0.00000280. The van der Waals surface area contributed by atoms with Crippen LogP contribution in [-0.2, 0) is 14.3 Å². The minimum atomic E-state index is -0.539. The normalized spacial score (nSPS) is 21.5. The highest BCUT2D eigenvalue weighted by molar-refractivity contribution is 5.99. The van der Waals surface area contributed by atoms with Gasteiger partial charge in [-0.25, -0.2) is 4.79 Å². The number of piperidine rings is 1. The van der Waals surface area contributed by atoms with E-state index in [2.05, 4.69) is 10.6 Å². The quantitative estimate of drug-likeness (QED) is 0.729. The van der Waals surface area contributed by atoms with E-state index in [9.17, 15) is 14.4 Å². The fourth-order valence-corrected chi connectivity index (χ4v) is 3.82. The number of ether oxygens (including phenoxy) is 1. The molecule has 3 rings (SSSR count). The molecule has 0 saturated carbocycles. The molecule has 2 unspecified atom stereocenters. The number of carbonyl (C=O) groups is 3. The number of carbonyl (C=O) groups excluding carboxylic acids is 3. The predicted octanol–water partition coefficient (Wildman–Crippen LogP) is 2.36. The lowest BCUT2D eigenvalue weighted by Crippen LogP contribution is -2.48. The summed E-state index contributed by atoms with van der Waals surface area (Å²) >= 11 is 0. The van der Waals surface area contributed by atoms with E-state index >= 15 is 0 Å². The van der Waals surface area contributed by atoms with Crippen LogP contribution in [0.4, 0.5) is 5.69 Å². The van der Waals surface area contributed by atoms with E-state index in [-0.39, 0.29) is 36.2 Å². The van der Waals surface area contributed by atoms with Gasteiger partial charge >= 0.3 is 5.97 Å². The maximum absolute atomic E-state index is 12.9. The Hall–Kier alpha value is -2.12. The van der Waals surface area contributed by atoms with Crippen molar-refractivity contribution >= 4 is 35.9 Å². The van der Waals surface area contributed by atoms with Crippen LogP contribution in [0.25, 0.3) is 0 Å². The van der Waals surface area contributed by atoms with Crippen LogP contribution in [0.15, 0.2) is 24.3 Å². The molecule has 0 radical (unpaired) electrons. The molecule has 1 aromatic carbocycles. The van der Waals surface area contributed by atoms with Crippen LogP contribution in [0.5, 0.6) is 0 Å². The van der Waals surface area contributed by atoms with Crippen molar-refractivity contribution < 1.29 is 19.1 Å². The van der Waals surface area contributed by atoms with Gasteiger partial charge in [0, 0.05) is 30.3 Å². The lowest BCUT2D eigenvalue weighted by atomic mass is 10.0. The minimum absolute atomic E-state index is 0. The molecule has 2 fully saturated rings. The van der Waals surface area contributed by atoms with Crippen molar-refractivity contribution in [3.05, 3.63) is 29.8 Å². The number of amides is 2. The minimum Gasteiger partial charge on any atom is -0.467 e. The van der Waals surface area contributed by atoms with Gasteiger partial charge in [-0.3, -0.25) is 9.59 Å². The molecule has 2 aliphatic rings. The van der Waals surface area contributed by atoms with Gasteiger partial charge in [-0.1, -0.05) is 6.07 Å². The zero-order valence-corrected chi connectivity index (χ0v) is 16.9. The van der Waals surface area contributed by atoms with Crippen molar-refractivity contribution in [3.63, 3.8) is 0 Å². The molecule has 2 atom stereocenters. The van der Waals surface area contributed by atoms with Gasteiger partial charge in [-0.05, 0) is 56.8 Å². The molecule has 1 aromatic rings. The van der Waals surface area contributed by atoms with Crippen molar-refractivity contribution in [2.75, 3.05) is 25.5 Å². The third-order valence-corrected chi connectivity index (χ3v) is 5.22. The number of likely N-dealkylation sites (tertiary alicyclic amines) is 1. The molecular weight excluding hydrogens is 382 g/mol. The predicted molar refractivity (Wildman–Crippen MR) is 109 cm³/mol. The lowest BCUT2D eigenvalue weighted by molar-refractivity contribution is -0.147. The fourth-order valence-electron chi connectivity index (χ4n) is 3.82. The summed E-state index contributed by atoms with van der Waals surface area (Å²) in [6.07, 6.45) is 4.91. The van der Waals surface area contributed by atoms with Crippen molar-refractivity contribution in [3.8, 4) is 0 Å². The van der Waals surface area contributed by atoms with Gasteiger partial charge in [0.25, 0.3) is 5.91 Å². The van der Waals surface area contributed by atoms with Crippen molar-refractivity contribution in [1.82, 2.24) is 10.2 Å². The van der Waals surface area contributed by atoms with Gasteiger partial charge in [0.15, 0.2) is 0 Å². The van der Waals surface area contributed by atoms with E-state index in [1.807, 2.05) is 0 Å². The second-order valence-electron chi connectivity index (χ2n) is 7.16. The molecule has 0 aromatic heterocycles. The Morgan fingerprint density at radius 1 is 1.21 bits per heavy atom. The highest BCUT2D eigenvalue weighted by Crippen LogP contribution is 2.22. The van der Waals surface area contributed by atoms with Crippen LogP contribution in [0, 0.1) is 0 Å². The second kappa shape index (κ2) is 10.4. The highest BCUT2D eigenvalue weighted by atomic mass is 35.5. The molecule has 0 spiro atoms. The molecule has 154 valence electrons. The first-order valence-electron chi connectivity index (χ1n) is 9.60. The van der Waals surface area contributed by atoms with E-state index in [0.717, 1.165) is 32.2 Å². The van der Waals surface area contributed by atoms with Crippen LogP contribution in [0.2, 0.25) is 0 Å². The summed E-state index contributed by atoms with van der Waals surface area (Å²) in [4.78, 5) is 38.8. The average Bonchev–Trinajstić information content (AvgIpc) is 3.19. The zero-order valence-electron chi connectivity index (χ0n) is 16.1. The van der Waals surface area contributed by atoms with Gasteiger partial charge < -0.3 is 20.3 Å². The molecular formula is C20H28ClN3O4. The molecule has 2 saturated heterocycles. The molecule has 7 nitrogen and oxygen atoms in total. The monoisotopic (exact) mass is 409 g/mol. The average molecular weight is 410 g/mol. The first-order chi connectivity index (χ1) is 13.1. The summed E-state index contributed by atoms with van der Waals surface area (Å²) in [7, 11) is 1.34. The van der Waals surface area contributed by atoms with Crippen molar-refractivity contribution in [1.29, 1.82) is 0 Å². The highest BCUT2D eigenvalue weighted by Gasteiger charge is 2.33. The smallest absolute Gasteiger partial charge is 0.328 e. The first kappa shape index (κ1) is 22.2. The van der Waals surface area contributed by atoms with Gasteiger partial charge in [0.1, 0.15) is 6.04 Å². The van der Waals surface area contributed by atoms with Crippen molar-refractivity contribution in [2.45, 2.75) is 50.6 Å². The molecule has 0 aliphatic carbocycles. The van der Waals surface area contributed by atoms with Gasteiger partial charge in [-0.15, -0.1) is 12.4 Å². The number of nitrogens with zero attached hydrogens (tertiary/aromatic N) is 1. The Labute approximate surface area is 171 Å². The number of benzene rings is 1. The maximum atomic E-state index is 12.9. The Morgan fingerprint density at radius 2 is 2.04 bits per heavy atom. The summed E-state index contributed by atoms with van der Waals surface area (Å²) in [5.74, 6) is -0.653. The van der Waals surface area contributed by atoms with E-state index in [0.29, 0.717) is 30.6 Å². The Bertz CT molecular complexity index is 706. The van der Waals surface area contributed by atoms with Gasteiger partial charge in [0.05, 0.1) is 7.11 Å². The van der Waals surface area contributed by atoms with Crippen LogP contribution in [-0.4, -0.2) is 55.0 Å². The summed E-state index contributed by atoms with van der Waals surface area (Å²) in [5.41, 5.74) is 1.05. The number of halogens is 1. The second-order valence-corrected chi connectivity index (χ2v) is 7.16. The van der Waals surface area contributed by atoms with Crippen LogP contribution in [0.1, 0.15) is 48.9 Å². The number of anilines is 1. The summed E-state index contributed by atoms with van der Waals surface area (Å²) in [5, 5.41) is 6.17. The fraction of sp³-hybridized carbons (Fsp3) is 0.550. The van der Waals surface area contributed by atoms with Crippen molar-refractivity contribution in [2.24, 2.45) is 0 Å². The SMILES string of the molecule is COC(=O)C1CCCCN1C(=O)c1cccc(NC(=O)CC2CCCN2)c1.Cl. The summed E-state index contributed by atoms with van der Waals surface area (Å²) in [6.45, 7) is 1.49. The van der Waals surface area contributed by atoms with E-state index in [1.165, 1.54) is 7.11 Å². The number of methoxy groups -OCH3 is 1. The lowest BCUT2D eigenvalue weighted by Gasteiger charge is -2.33. The number of hydrogen-bond donors (Lipinski definition) is 2. The van der Waals surface area contributed by atoms with E-state index < -0.39 is 6.04 Å². The molecule has 2 N–H and O–H groups in total. The molecule has 2 amide bonds. The van der Waals surface area contributed by atoms with Crippen LogP contribution >= 0.6 is 12.4 Å². The van der Waals surface area contributed by atoms with E-state index in [4.69, 9.17) is 4.74 Å². The van der Waals surface area contributed by atoms with Crippen LogP contribution < -0.4 is 10.6 Å². The molecule has 0 bridgehead atoms. The summed E-state index contributed by atoms with van der Waals surface area (Å²) in [6, 6.07) is 6.58. The molecule has 8 heteroatoms. The Morgan fingerprint density at radius 3 is 2.75 bits per heavy atom. The third-order valence-electron chi connectivity index (χ3n) is 5.22.